The van der Waals surface area contributed by atoms with Gasteiger partial charge in [-0.2, -0.15) is 0 Å². The minimum absolute atomic E-state index is 0.310. The van der Waals surface area contributed by atoms with Gasteiger partial charge >= 0.3 is 0 Å². The fourth-order valence-corrected chi connectivity index (χ4v) is 1.88. The van der Waals surface area contributed by atoms with Crippen LogP contribution in [0.15, 0.2) is 18.3 Å². The second-order valence-electron chi connectivity index (χ2n) is 4.72. The van der Waals surface area contributed by atoms with Crippen LogP contribution in [0.25, 0.3) is 0 Å². The third-order valence-electron chi connectivity index (χ3n) is 2.79. The molecule has 1 N–H and O–H groups in total. The summed E-state index contributed by atoms with van der Waals surface area (Å²) < 4.78 is 7.86. The molecule has 98 valence electrons. The van der Waals surface area contributed by atoms with Crippen molar-refractivity contribution in [2.24, 2.45) is 0 Å². The van der Waals surface area contributed by atoms with E-state index in [2.05, 4.69) is 55.9 Å². The van der Waals surface area contributed by atoms with Gasteiger partial charge in [-0.3, -0.25) is 0 Å². The largest absolute Gasteiger partial charge is 0.377 e. The zero-order valence-corrected chi connectivity index (χ0v) is 11.6. The molecular weight excluding hydrogens is 212 g/mol. The van der Waals surface area contributed by atoms with Gasteiger partial charge in [0, 0.05) is 24.5 Å². The SMILES string of the molecule is CCCNC(C)c1cccn1CCOC(C)C. The summed E-state index contributed by atoms with van der Waals surface area (Å²) in [6.07, 6.45) is 3.61. The van der Waals surface area contributed by atoms with Crippen LogP contribution in [0.5, 0.6) is 0 Å². The van der Waals surface area contributed by atoms with Crippen LogP contribution in [0.2, 0.25) is 0 Å². The van der Waals surface area contributed by atoms with Crippen LogP contribution >= 0.6 is 0 Å². The molecule has 1 aromatic heterocycles. The summed E-state index contributed by atoms with van der Waals surface area (Å²) in [7, 11) is 0. The predicted octanol–water partition coefficient (Wildman–Crippen LogP) is 2.97. The average molecular weight is 238 g/mol. The van der Waals surface area contributed by atoms with Gasteiger partial charge < -0.3 is 14.6 Å². The maximum Gasteiger partial charge on any atom is 0.0649 e. The molecule has 0 aliphatic heterocycles. The van der Waals surface area contributed by atoms with Gasteiger partial charge in [-0.05, 0) is 45.9 Å². The number of rotatable bonds is 8. The molecule has 17 heavy (non-hydrogen) atoms. The summed E-state index contributed by atoms with van der Waals surface area (Å²) >= 11 is 0. The molecular formula is C14H26N2O. The molecule has 3 nitrogen and oxygen atoms in total. The lowest BCUT2D eigenvalue weighted by molar-refractivity contribution is 0.0722. The van der Waals surface area contributed by atoms with E-state index in [-0.39, 0.29) is 0 Å². The number of aromatic nitrogens is 1. The maximum atomic E-state index is 5.59. The van der Waals surface area contributed by atoms with Crippen LogP contribution in [-0.2, 0) is 11.3 Å². The van der Waals surface area contributed by atoms with Crippen LogP contribution in [0.3, 0.4) is 0 Å². The highest BCUT2D eigenvalue weighted by atomic mass is 16.5. The fraction of sp³-hybridized carbons (Fsp3) is 0.714. The number of hydrogen-bond donors (Lipinski definition) is 1. The molecule has 0 aromatic carbocycles. The molecule has 0 saturated carbocycles. The Morgan fingerprint density at radius 3 is 2.76 bits per heavy atom. The van der Waals surface area contributed by atoms with Crippen molar-refractivity contribution in [1.29, 1.82) is 0 Å². The van der Waals surface area contributed by atoms with E-state index in [0.29, 0.717) is 12.1 Å². The smallest absolute Gasteiger partial charge is 0.0649 e. The molecule has 0 amide bonds. The van der Waals surface area contributed by atoms with Crippen molar-refractivity contribution in [3.63, 3.8) is 0 Å². The monoisotopic (exact) mass is 238 g/mol. The highest BCUT2D eigenvalue weighted by molar-refractivity contribution is 5.11. The molecule has 0 spiro atoms. The molecule has 0 radical (unpaired) electrons. The molecule has 0 bridgehead atoms. The summed E-state index contributed by atoms with van der Waals surface area (Å²) in [6.45, 7) is 11.3. The maximum absolute atomic E-state index is 5.59. The van der Waals surface area contributed by atoms with Crippen LogP contribution in [0, 0.1) is 0 Å². The van der Waals surface area contributed by atoms with Crippen molar-refractivity contribution < 1.29 is 4.74 Å². The zero-order chi connectivity index (χ0) is 12.7. The van der Waals surface area contributed by atoms with Gasteiger partial charge in [0.05, 0.1) is 12.7 Å². The van der Waals surface area contributed by atoms with Crippen LogP contribution < -0.4 is 5.32 Å². The Morgan fingerprint density at radius 1 is 1.35 bits per heavy atom. The first-order valence-corrected chi connectivity index (χ1v) is 6.65. The van der Waals surface area contributed by atoms with Crippen molar-refractivity contribution in [2.45, 2.75) is 52.8 Å². The summed E-state index contributed by atoms with van der Waals surface area (Å²) in [5, 5.41) is 3.51. The third kappa shape index (κ3) is 4.92. The minimum atomic E-state index is 0.310. The van der Waals surface area contributed by atoms with Crippen LogP contribution in [-0.4, -0.2) is 23.8 Å². The molecule has 1 atom stereocenters. The topological polar surface area (TPSA) is 26.2 Å². The van der Waals surface area contributed by atoms with Crippen LogP contribution in [0.4, 0.5) is 0 Å². The molecule has 3 heteroatoms. The number of ether oxygens (including phenoxy) is 1. The number of nitrogens with one attached hydrogen (secondary N) is 1. The summed E-state index contributed by atoms with van der Waals surface area (Å²) in [5.74, 6) is 0. The molecule has 0 saturated heterocycles. The molecule has 1 rings (SSSR count). The van der Waals surface area contributed by atoms with Crippen molar-refractivity contribution in [2.75, 3.05) is 13.2 Å². The number of hydrogen-bond acceptors (Lipinski definition) is 2. The Bertz CT molecular complexity index is 307. The molecule has 0 aliphatic carbocycles. The lowest BCUT2D eigenvalue weighted by Crippen LogP contribution is -2.22. The van der Waals surface area contributed by atoms with E-state index < -0.39 is 0 Å². The summed E-state index contributed by atoms with van der Waals surface area (Å²) in [6, 6.07) is 4.70. The van der Waals surface area contributed by atoms with Crippen molar-refractivity contribution >= 4 is 0 Å². The van der Waals surface area contributed by atoms with E-state index in [1.807, 2.05) is 0 Å². The van der Waals surface area contributed by atoms with E-state index in [1.165, 1.54) is 12.1 Å². The molecule has 0 aliphatic rings. The number of nitrogens with zero attached hydrogens (tertiary/aromatic N) is 1. The normalized spacial score (nSPS) is 13.2. The predicted molar refractivity (Wildman–Crippen MR) is 72.2 cm³/mol. The molecule has 1 heterocycles. The van der Waals surface area contributed by atoms with E-state index in [9.17, 15) is 0 Å². The lowest BCUT2D eigenvalue weighted by Gasteiger charge is -2.17. The third-order valence-corrected chi connectivity index (χ3v) is 2.79. The van der Waals surface area contributed by atoms with E-state index >= 15 is 0 Å². The average Bonchev–Trinajstić information content (AvgIpc) is 2.73. The summed E-state index contributed by atoms with van der Waals surface area (Å²) in [5.41, 5.74) is 1.34. The Morgan fingerprint density at radius 2 is 2.12 bits per heavy atom. The minimum Gasteiger partial charge on any atom is -0.377 e. The zero-order valence-electron chi connectivity index (χ0n) is 11.6. The van der Waals surface area contributed by atoms with Crippen molar-refractivity contribution in [1.82, 2.24) is 9.88 Å². The van der Waals surface area contributed by atoms with Crippen molar-refractivity contribution in [3.8, 4) is 0 Å². The van der Waals surface area contributed by atoms with Crippen molar-refractivity contribution in [3.05, 3.63) is 24.0 Å². The van der Waals surface area contributed by atoms with E-state index in [1.54, 1.807) is 0 Å². The van der Waals surface area contributed by atoms with Gasteiger partial charge in [-0.1, -0.05) is 6.92 Å². The quantitative estimate of drug-likeness (QED) is 0.753. The molecule has 1 unspecified atom stereocenters. The second kappa shape index (κ2) is 7.51. The van der Waals surface area contributed by atoms with E-state index in [4.69, 9.17) is 4.74 Å². The van der Waals surface area contributed by atoms with Gasteiger partial charge in [0.15, 0.2) is 0 Å². The lowest BCUT2D eigenvalue weighted by atomic mass is 10.2. The van der Waals surface area contributed by atoms with Crippen LogP contribution in [0.1, 0.15) is 45.9 Å². The van der Waals surface area contributed by atoms with Gasteiger partial charge in [-0.25, -0.2) is 0 Å². The molecule has 0 fully saturated rings. The second-order valence-corrected chi connectivity index (χ2v) is 4.72. The van der Waals surface area contributed by atoms with Gasteiger partial charge in [0.2, 0.25) is 0 Å². The first-order valence-electron chi connectivity index (χ1n) is 6.65. The Balaban J connectivity index is 2.47. The first kappa shape index (κ1) is 14.3. The fourth-order valence-electron chi connectivity index (χ4n) is 1.88. The highest BCUT2D eigenvalue weighted by Crippen LogP contribution is 2.13. The van der Waals surface area contributed by atoms with Gasteiger partial charge in [-0.15, -0.1) is 0 Å². The Kier molecular flexibility index (Phi) is 6.30. The van der Waals surface area contributed by atoms with E-state index in [0.717, 1.165) is 19.7 Å². The van der Waals surface area contributed by atoms with Gasteiger partial charge in [0.1, 0.15) is 0 Å². The van der Waals surface area contributed by atoms with Gasteiger partial charge in [0.25, 0.3) is 0 Å². The Labute approximate surface area is 105 Å². The highest BCUT2D eigenvalue weighted by Gasteiger charge is 2.08. The molecule has 1 aromatic rings. The first-order chi connectivity index (χ1) is 8.15. The summed E-state index contributed by atoms with van der Waals surface area (Å²) in [4.78, 5) is 0. The Hall–Kier alpha value is -0.800. The standard InChI is InChI=1S/C14H26N2O/c1-5-8-15-13(4)14-7-6-9-16(14)10-11-17-12(2)3/h6-7,9,12-13,15H,5,8,10-11H2,1-4H3.